The number of ether oxygens (including phenoxy) is 1. The van der Waals surface area contributed by atoms with Gasteiger partial charge in [0.05, 0.1) is 6.61 Å². The Balaban J connectivity index is 1.27. The average Bonchev–Trinajstić information content (AvgIpc) is 3.53. The number of fused-ring (bicyclic) bond motifs is 1. The van der Waals surface area contributed by atoms with Crippen LogP contribution in [-0.2, 0) is 13.0 Å². The first-order valence-electron chi connectivity index (χ1n) is 10.6. The highest BCUT2D eigenvalue weighted by Gasteiger charge is 2.30. The topological polar surface area (TPSA) is 74.6 Å². The van der Waals surface area contributed by atoms with Gasteiger partial charge < -0.3 is 14.1 Å². The number of nitriles is 1. The Bertz CT molecular complexity index is 1150. The summed E-state index contributed by atoms with van der Waals surface area (Å²) in [6.45, 7) is 6.22. The van der Waals surface area contributed by atoms with Crippen molar-refractivity contribution in [3.8, 4) is 17.7 Å². The maximum atomic E-state index is 13.2. The second-order valence-electron chi connectivity index (χ2n) is 8.02. The molecule has 0 saturated carbocycles. The highest BCUT2D eigenvalue weighted by atomic mass is 16.5. The number of hydrogen-bond acceptors (Lipinski definition) is 5. The van der Waals surface area contributed by atoms with Gasteiger partial charge in [0, 0.05) is 51.5 Å². The zero-order valence-corrected chi connectivity index (χ0v) is 17.5. The van der Waals surface area contributed by atoms with Gasteiger partial charge >= 0.3 is 0 Å². The molecule has 5 rings (SSSR count). The summed E-state index contributed by atoms with van der Waals surface area (Å²) in [5.41, 5.74) is 3.22. The Morgan fingerprint density at radius 3 is 2.68 bits per heavy atom. The van der Waals surface area contributed by atoms with Crippen molar-refractivity contribution in [2.75, 3.05) is 32.8 Å². The van der Waals surface area contributed by atoms with E-state index in [0.717, 1.165) is 38.4 Å². The maximum Gasteiger partial charge on any atom is 0.258 e. The molecular formula is C24H24N4O3. The SMILES string of the molecule is Cc1oc(-n2cccc2)c(C#N)c1C(=O)N1CCN(Cc2ccc3c(c2)CCO3)CC1. The minimum Gasteiger partial charge on any atom is -0.493 e. The lowest BCUT2D eigenvalue weighted by molar-refractivity contribution is 0.0626. The lowest BCUT2D eigenvalue weighted by atomic mass is 10.1. The van der Waals surface area contributed by atoms with Crippen LogP contribution < -0.4 is 4.74 Å². The molecule has 7 nitrogen and oxygen atoms in total. The lowest BCUT2D eigenvalue weighted by Crippen LogP contribution is -2.48. The van der Waals surface area contributed by atoms with E-state index in [-0.39, 0.29) is 5.91 Å². The Morgan fingerprint density at radius 2 is 1.94 bits per heavy atom. The Morgan fingerprint density at radius 1 is 1.16 bits per heavy atom. The zero-order chi connectivity index (χ0) is 21.4. The summed E-state index contributed by atoms with van der Waals surface area (Å²) in [6, 6.07) is 12.3. The predicted molar refractivity (Wildman–Crippen MR) is 114 cm³/mol. The standard InChI is InChI=1S/C24H24N4O3/c1-17-22(20(15-25)24(31-17)28-7-2-3-8-28)23(29)27-11-9-26(10-12-27)16-18-4-5-21-19(14-18)6-13-30-21/h2-5,7-8,14H,6,9-13,16H2,1H3. The van der Waals surface area contributed by atoms with Gasteiger partial charge in [-0.2, -0.15) is 5.26 Å². The predicted octanol–water partition coefficient (Wildman–Crippen LogP) is 3.14. The molecule has 158 valence electrons. The van der Waals surface area contributed by atoms with Gasteiger partial charge in [-0.15, -0.1) is 0 Å². The van der Waals surface area contributed by atoms with Gasteiger partial charge in [-0.25, -0.2) is 0 Å². The minimum atomic E-state index is -0.134. The van der Waals surface area contributed by atoms with Crippen molar-refractivity contribution in [2.45, 2.75) is 19.9 Å². The highest BCUT2D eigenvalue weighted by Crippen LogP contribution is 2.28. The Hall–Kier alpha value is -3.50. The number of piperazine rings is 1. The Labute approximate surface area is 181 Å². The van der Waals surface area contributed by atoms with Crippen molar-refractivity contribution in [1.82, 2.24) is 14.4 Å². The zero-order valence-electron chi connectivity index (χ0n) is 17.5. The van der Waals surface area contributed by atoms with Crippen molar-refractivity contribution in [2.24, 2.45) is 0 Å². The number of aryl methyl sites for hydroxylation is 1. The number of hydrogen-bond donors (Lipinski definition) is 0. The van der Waals surface area contributed by atoms with Crippen LogP contribution in [0.15, 0.2) is 47.1 Å². The second kappa shape index (κ2) is 7.97. The van der Waals surface area contributed by atoms with Crippen molar-refractivity contribution in [1.29, 1.82) is 5.26 Å². The van der Waals surface area contributed by atoms with Crippen LogP contribution in [0, 0.1) is 18.3 Å². The molecule has 2 aliphatic heterocycles. The van der Waals surface area contributed by atoms with E-state index in [1.165, 1.54) is 11.1 Å². The second-order valence-corrected chi connectivity index (χ2v) is 8.02. The van der Waals surface area contributed by atoms with Crippen LogP contribution in [0.4, 0.5) is 0 Å². The van der Waals surface area contributed by atoms with Crippen molar-refractivity contribution < 1.29 is 13.9 Å². The number of carbonyl (C=O) groups excluding carboxylic acids is 1. The quantitative estimate of drug-likeness (QED) is 0.653. The van der Waals surface area contributed by atoms with Crippen LogP contribution in [0.25, 0.3) is 5.88 Å². The van der Waals surface area contributed by atoms with E-state index in [9.17, 15) is 10.1 Å². The molecule has 0 spiro atoms. The average molecular weight is 416 g/mol. The number of amides is 1. The summed E-state index contributed by atoms with van der Waals surface area (Å²) in [6.07, 6.45) is 4.58. The van der Waals surface area contributed by atoms with E-state index >= 15 is 0 Å². The number of furan rings is 1. The van der Waals surface area contributed by atoms with E-state index in [2.05, 4.69) is 29.2 Å². The largest absolute Gasteiger partial charge is 0.493 e. The molecule has 1 amide bonds. The van der Waals surface area contributed by atoms with Crippen LogP contribution in [0.2, 0.25) is 0 Å². The molecule has 0 atom stereocenters. The number of rotatable bonds is 4. The molecule has 1 aromatic carbocycles. The fourth-order valence-electron chi connectivity index (χ4n) is 4.41. The molecule has 2 aliphatic rings. The molecule has 31 heavy (non-hydrogen) atoms. The first-order chi connectivity index (χ1) is 15.1. The van der Waals surface area contributed by atoms with Crippen LogP contribution in [0.1, 0.15) is 32.8 Å². The molecule has 1 fully saturated rings. The molecule has 0 bridgehead atoms. The van der Waals surface area contributed by atoms with Gasteiger partial charge in [0.25, 0.3) is 5.91 Å². The number of aromatic nitrogens is 1. The molecule has 2 aromatic heterocycles. The fraction of sp³-hybridized carbons (Fsp3) is 0.333. The summed E-state index contributed by atoms with van der Waals surface area (Å²) >= 11 is 0. The maximum absolute atomic E-state index is 13.2. The smallest absolute Gasteiger partial charge is 0.258 e. The summed E-state index contributed by atoms with van der Waals surface area (Å²) in [5, 5.41) is 9.72. The van der Waals surface area contributed by atoms with Crippen LogP contribution in [-0.4, -0.2) is 53.1 Å². The minimum absolute atomic E-state index is 0.134. The van der Waals surface area contributed by atoms with Crippen molar-refractivity contribution in [3.05, 3.63) is 70.7 Å². The first kappa shape index (κ1) is 19.5. The van der Waals surface area contributed by atoms with E-state index in [1.54, 1.807) is 23.9 Å². The fourth-order valence-corrected chi connectivity index (χ4v) is 4.41. The Kier molecular flexibility index (Phi) is 5.00. The van der Waals surface area contributed by atoms with Crippen LogP contribution in [0.5, 0.6) is 5.75 Å². The molecule has 7 heteroatoms. The molecule has 0 N–H and O–H groups in total. The normalized spacial score (nSPS) is 16.1. The van der Waals surface area contributed by atoms with E-state index in [1.807, 2.05) is 17.0 Å². The third kappa shape index (κ3) is 3.60. The van der Waals surface area contributed by atoms with Gasteiger partial charge in [-0.3, -0.25) is 14.3 Å². The van der Waals surface area contributed by atoms with Crippen LogP contribution in [0.3, 0.4) is 0 Å². The van der Waals surface area contributed by atoms with Gasteiger partial charge in [0.1, 0.15) is 28.7 Å². The third-order valence-electron chi connectivity index (χ3n) is 6.05. The van der Waals surface area contributed by atoms with Gasteiger partial charge in [-0.1, -0.05) is 12.1 Å². The third-order valence-corrected chi connectivity index (χ3v) is 6.05. The molecule has 0 unspecified atom stereocenters. The van der Waals surface area contributed by atoms with E-state index in [0.29, 0.717) is 35.9 Å². The summed E-state index contributed by atoms with van der Waals surface area (Å²) in [7, 11) is 0. The van der Waals surface area contributed by atoms with Crippen molar-refractivity contribution in [3.63, 3.8) is 0 Å². The molecule has 0 aliphatic carbocycles. The number of carbonyl (C=O) groups is 1. The first-order valence-corrected chi connectivity index (χ1v) is 10.6. The van der Waals surface area contributed by atoms with Gasteiger partial charge in [0.2, 0.25) is 5.88 Å². The molecule has 0 radical (unpaired) electrons. The van der Waals surface area contributed by atoms with Gasteiger partial charge in [0.15, 0.2) is 0 Å². The molecule has 3 aromatic rings. The van der Waals surface area contributed by atoms with Crippen LogP contribution >= 0.6 is 0 Å². The van der Waals surface area contributed by atoms with E-state index in [4.69, 9.17) is 9.15 Å². The molecular weight excluding hydrogens is 392 g/mol. The summed E-state index contributed by atoms with van der Waals surface area (Å²) in [4.78, 5) is 17.4. The van der Waals surface area contributed by atoms with E-state index < -0.39 is 0 Å². The highest BCUT2D eigenvalue weighted by molar-refractivity contribution is 5.98. The summed E-state index contributed by atoms with van der Waals surface area (Å²) in [5.74, 6) is 1.74. The monoisotopic (exact) mass is 416 g/mol. The number of benzene rings is 1. The number of nitrogens with zero attached hydrogens (tertiary/aromatic N) is 4. The molecule has 1 saturated heterocycles. The summed E-state index contributed by atoms with van der Waals surface area (Å²) < 4.78 is 13.1. The molecule has 4 heterocycles. The van der Waals surface area contributed by atoms with Gasteiger partial charge in [-0.05, 0) is 36.2 Å². The lowest BCUT2D eigenvalue weighted by Gasteiger charge is -2.34. The van der Waals surface area contributed by atoms with Crippen molar-refractivity contribution >= 4 is 5.91 Å².